The number of methoxy groups -OCH3 is 1. The topological polar surface area (TPSA) is 52.3 Å². The summed E-state index contributed by atoms with van der Waals surface area (Å²) in [6.07, 6.45) is 0.778. The summed E-state index contributed by atoms with van der Waals surface area (Å²) < 4.78 is 17.9. The molecule has 3 rings (SSSR count). The fraction of sp³-hybridized carbons (Fsp3) is 0.294. The molecular weight excluding hydrogens is 282 g/mol. The van der Waals surface area contributed by atoms with E-state index in [9.17, 15) is 4.21 Å². The van der Waals surface area contributed by atoms with Crippen molar-refractivity contribution in [3.05, 3.63) is 65.2 Å². The molecule has 4 heteroatoms. The van der Waals surface area contributed by atoms with E-state index in [0.717, 1.165) is 23.3 Å². The monoisotopic (exact) mass is 301 g/mol. The standard InChI is InChI=1S/C17H19NO2S/c1-20-14-8-7-13-9-16(17(18)15(13)10-14)21(19)11-12-5-3-2-4-6-12/h2-8,10,16-17H,9,11,18H2,1H3. The molecule has 3 atom stereocenters. The lowest BCUT2D eigenvalue weighted by Gasteiger charge is -2.16. The van der Waals surface area contributed by atoms with E-state index in [4.69, 9.17) is 10.5 Å². The van der Waals surface area contributed by atoms with E-state index < -0.39 is 10.8 Å². The van der Waals surface area contributed by atoms with Crippen molar-refractivity contribution in [1.29, 1.82) is 0 Å². The van der Waals surface area contributed by atoms with Crippen molar-refractivity contribution in [2.45, 2.75) is 23.5 Å². The lowest BCUT2D eigenvalue weighted by molar-refractivity contribution is 0.414. The van der Waals surface area contributed by atoms with Crippen LogP contribution in [0.2, 0.25) is 0 Å². The minimum absolute atomic E-state index is 0.0210. The van der Waals surface area contributed by atoms with Crippen LogP contribution >= 0.6 is 0 Å². The molecule has 2 N–H and O–H groups in total. The highest BCUT2D eigenvalue weighted by atomic mass is 32.2. The third-order valence-electron chi connectivity index (χ3n) is 4.02. The van der Waals surface area contributed by atoms with Gasteiger partial charge in [0.05, 0.1) is 12.4 Å². The Bertz CT molecular complexity index is 657. The zero-order valence-electron chi connectivity index (χ0n) is 12.0. The van der Waals surface area contributed by atoms with Gasteiger partial charge in [-0.3, -0.25) is 4.21 Å². The maximum Gasteiger partial charge on any atom is 0.119 e. The van der Waals surface area contributed by atoms with Gasteiger partial charge in [-0.05, 0) is 35.2 Å². The summed E-state index contributed by atoms with van der Waals surface area (Å²) in [5, 5.41) is -0.0210. The molecule has 0 aliphatic heterocycles. The summed E-state index contributed by atoms with van der Waals surface area (Å²) >= 11 is 0. The van der Waals surface area contributed by atoms with Crippen LogP contribution in [0.15, 0.2) is 48.5 Å². The van der Waals surface area contributed by atoms with Crippen LogP contribution in [0.1, 0.15) is 22.7 Å². The second-order valence-electron chi connectivity index (χ2n) is 5.34. The number of hydrogen-bond donors (Lipinski definition) is 1. The minimum Gasteiger partial charge on any atom is -0.497 e. The highest BCUT2D eigenvalue weighted by Crippen LogP contribution is 2.35. The third-order valence-corrected chi connectivity index (χ3v) is 5.78. The van der Waals surface area contributed by atoms with Gasteiger partial charge in [-0.25, -0.2) is 0 Å². The van der Waals surface area contributed by atoms with Crippen molar-refractivity contribution in [2.24, 2.45) is 5.73 Å². The summed E-state index contributed by atoms with van der Waals surface area (Å²) in [6.45, 7) is 0. The first-order chi connectivity index (χ1) is 10.2. The Morgan fingerprint density at radius 3 is 2.71 bits per heavy atom. The Balaban J connectivity index is 1.78. The first kappa shape index (κ1) is 14.3. The molecule has 0 heterocycles. The summed E-state index contributed by atoms with van der Waals surface area (Å²) in [5.74, 6) is 1.36. The minimum atomic E-state index is -0.977. The smallest absolute Gasteiger partial charge is 0.119 e. The summed E-state index contributed by atoms with van der Waals surface area (Å²) in [7, 11) is 0.669. The predicted octanol–water partition coefficient (Wildman–Crippen LogP) is 2.57. The molecule has 0 spiro atoms. The van der Waals surface area contributed by atoms with Gasteiger partial charge in [0.25, 0.3) is 0 Å². The normalized spacial score (nSPS) is 21.8. The molecule has 0 bridgehead atoms. The molecule has 3 unspecified atom stereocenters. The van der Waals surface area contributed by atoms with Gasteiger partial charge in [-0.1, -0.05) is 36.4 Å². The lowest BCUT2D eigenvalue weighted by atomic mass is 10.1. The molecule has 21 heavy (non-hydrogen) atoms. The van der Waals surface area contributed by atoms with Gasteiger partial charge >= 0.3 is 0 Å². The Morgan fingerprint density at radius 2 is 2.00 bits per heavy atom. The van der Waals surface area contributed by atoms with Crippen molar-refractivity contribution in [2.75, 3.05) is 7.11 Å². The molecule has 0 amide bonds. The second-order valence-corrected chi connectivity index (χ2v) is 7.00. The van der Waals surface area contributed by atoms with Crippen LogP contribution < -0.4 is 10.5 Å². The van der Waals surface area contributed by atoms with E-state index in [2.05, 4.69) is 0 Å². The Hall–Kier alpha value is -1.65. The maximum atomic E-state index is 12.6. The van der Waals surface area contributed by atoms with Crippen molar-refractivity contribution in [3.63, 3.8) is 0 Å². The van der Waals surface area contributed by atoms with Crippen LogP contribution in [-0.4, -0.2) is 16.6 Å². The molecule has 0 fully saturated rings. The molecule has 3 nitrogen and oxygen atoms in total. The average molecular weight is 301 g/mol. The molecule has 110 valence electrons. The molecule has 2 aromatic rings. The highest BCUT2D eigenvalue weighted by molar-refractivity contribution is 7.84. The van der Waals surface area contributed by atoms with Gasteiger partial charge in [0.2, 0.25) is 0 Å². The second kappa shape index (κ2) is 6.00. The molecular formula is C17H19NO2S. The summed E-state index contributed by atoms with van der Waals surface area (Å²) in [4.78, 5) is 0. The predicted molar refractivity (Wildman–Crippen MR) is 85.7 cm³/mol. The van der Waals surface area contributed by atoms with Gasteiger partial charge in [0.1, 0.15) is 5.75 Å². The number of benzene rings is 2. The summed E-state index contributed by atoms with van der Waals surface area (Å²) in [6, 6.07) is 15.7. The van der Waals surface area contributed by atoms with Crippen molar-refractivity contribution in [1.82, 2.24) is 0 Å². The van der Waals surface area contributed by atoms with E-state index >= 15 is 0 Å². The zero-order valence-corrected chi connectivity index (χ0v) is 12.8. The number of ether oxygens (including phenoxy) is 1. The van der Waals surface area contributed by atoms with Crippen molar-refractivity contribution < 1.29 is 8.95 Å². The molecule has 0 radical (unpaired) electrons. The molecule has 1 aliphatic rings. The van der Waals surface area contributed by atoms with E-state index in [1.165, 1.54) is 5.56 Å². The SMILES string of the molecule is COc1ccc2c(c1)C(N)C(S(=O)Cc1ccccc1)C2. The molecule has 0 saturated carbocycles. The van der Waals surface area contributed by atoms with Crippen LogP contribution in [0.5, 0.6) is 5.75 Å². The Kier molecular flexibility index (Phi) is 4.08. The number of hydrogen-bond acceptors (Lipinski definition) is 3. The summed E-state index contributed by atoms with van der Waals surface area (Å²) in [5.41, 5.74) is 9.67. The molecule has 2 aromatic carbocycles. The molecule has 0 saturated heterocycles. The van der Waals surface area contributed by atoms with E-state index in [1.54, 1.807) is 7.11 Å². The zero-order chi connectivity index (χ0) is 14.8. The fourth-order valence-corrected chi connectivity index (χ4v) is 4.42. The van der Waals surface area contributed by atoms with Crippen molar-refractivity contribution in [3.8, 4) is 5.75 Å². The van der Waals surface area contributed by atoms with Crippen LogP contribution in [0.4, 0.5) is 0 Å². The first-order valence-corrected chi connectivity index (χ1v) is 8.40. The number of fused-ring (bicyclic) bond motifs is 1. The van der Waals surface area contributed by atoms with Gasteiger partial charge < -0.3 is 10.5 Å². The van der Waals surface area contributed by atoms with E-state index in [1.807, 2.05) is 48.5 Å². The van der Waals surface area contributed by atoms with Gasteiger partial charge in [-0.2, -0.15) is 0 Å². The molecule has 1 aliphatic carbocycles. The number of nitrogens with two attached hydrogens (primary N) is 1. The van der Waals surface area contributed by atoms with Crippen LogP contribution in [0.3, 0.4) is 0 Å². The largest absolute Gasteiger partial charge is 0.497 e. The van der Waals surface area contributed by atoms with Gasteiger partial charge in [0, 0.05) is 22.6 Å². The van der Waals surface area contributed by atoms with Crippen LogP contribution in [-0.2, 0) is 23.0 Å². The first-order valence-electron chi connectivity index (χ1n) is 7.02. The van der Waals surface area contributed by atoms with E-state index in [-0.39, 0.29) is 11.3 Å². The third kappa shape index (κ3) is 2.87. The number of rotatable bonds is 4. The van der Waals surface area contributed by atoms with Crippen LogP contribution in [0.25, 0.3) is 0 Å². The van der Waals surface area contributed by atoms with Gasteiger partial charge in [-0.15, -0.1) is 0 Å². The van der Waals surface area contributed by atoms with E-state index in [0.29, 0.717) is 5.75 Å². The average Bonchev–Trinajstić information content (AvgIpc) is 2.85. The van der Waals surface area contributed by atoms with Crippen molar-refractivity contribution >= 4 is 10.8 Å². The lowest BCUT2D eigenvalue weighted by Crippen LogP contribution is -2.27. The van der Waals surface area contributed by atoms with Gasteiger partial charge in [0.15, 0.2) is 0 Å². The quantitative estimate of drug-likeness (QED) is 0.944. The highest BCUT2D eigenvalue weighted by Gasteiger charge is 2.34. The Morgan fingerprint density at radius 1 is 1.24 bits per heavy atom. The maximum absolute atomic E-state index is 12.6. The Labute approximate surface area is 127 Å². The van der Waals surface area contributed by atoms with Crippen LogP contribution in [0, 0.1) is 0 Å². The fourth-order valence-electron chi connectivity index (χ4n) is 2.84. The molecule has 0 aromatic heterocycles.